The molecule has 1 amide bonds. The summed E-state index contributed by atoms with van der Waals surface area (Å²) in [6, 6.07) is 7.43. The lowest BCUT2D eigenvalue weighted by atomic mass is 9.91. The molecule has 0 spiro atoms. The first-order valence-electron chi connectivity index (χ1n) is 6.21. The van der Waals surface area contributed by atoms with E-state index >= 15 is 0 Å². The highest BCUT2D eigenvalue weighted by Gasteiger charge is 2.45. The van der Waals surface area contributed by atoms with Gasteiger partial charge in [0.1, 0.15) is 5.01 Å². The average Bonchev–Trinajstić information content (AvgIpc) is 3.00. The van der Waals surface area contributed by atoms with E-state index in [4.69, 9.17) is 0 Å². The first-order valence-corrected chi connectivity index (χ1v) is 7.82. The van der Waals surface area contributed by atoms with E-state index in [9.17, 15) is 9.90 Å². The third-order valence-corrected chi connectivity index (χ3v) is 5.10. The number of hydrogen-bond donors (Lipinski definition) is 1. The van der Waals surface area contributed by atoms with Crippen LogP contribution >= 0.6 is 27.3 Å². The molecule has 3 rings (SSSR count). The number of carbonyl (C=O) groups is 1. The van der Waals surface area contributed by atoms with Gasteiger partial charge in [0.25, 0.3) is 5.91 Å². The van der Waals surface area contributed by atoms with Crippen LogP contribution in [0, 0.1) is 0 Å². The lowest BCUT2D eigenvalue weighted by Crippen LogP contribution is -2.36. The molecule has 1 N–H and O–H groups in total. The molecule has 0 unspecified atom stereocenters. The summed E-state index contributed by atoms with van der Waals surface area (Å²) >= 11 is 4.91. The van der Waals surface area contributed by atoms with Crippen LogP contribution in [0.1, 0.15) is 12.0 Å². The van der Waals surface area contributed by atoms with Crippen LogP contribution in [0.15, 0.2) is 34.2 Å². The van der Waals surface area contributed by atoms with Gasteiger partial charge in [0.15, 0.2) is 5.60 Å². The number of likely N-dealkylation sites (N-methyl/N-ethyl adjacent to an activating group) is 1. The smallest absolute Gasteiger partial charge is 0.258 e. The van der Waals surface area contributed by atoms with Gasteiger partial charge in [-0.25, -0.2) is 4.98 Å². The topological polar surface area (TPSA) is 53.4 Å². The van der Waals surface area contributed by atoms with Gasteiger partial charge in [-0.2, -0.15) is 0 Å². The molecule has 0 radical (unpaired) electrons. The van der Waals surface area contributed by atoms with E-state index in [1.165, 1.54) is 11.3 Å². The minimum absolute atomic E-state index is 0.241. The molecular formula is C14H13BrN2O2S. The Bertz CT molecular complexity index is 673. The molecule has 2 aromatic rings. The molecule has 6 heteroatoms. The number of hydrogen-bond acceptors (Lipinski definition) is 4. The maximum atomic E-state index is 12.1. The molecule has 4 nitrogen and oxygen atoms in total. The van der Waals surface area contributed by atoms with E-state index in [-0.39, 0.29) is 5.91 Å². The maximum absolute atomic E-state index is 12.1. The second-order valence-electron chi connectivity index (χ2n) is 4.89. The van der Waals surface area contributed by atoms with Crippen molar-refractivity contribution in [3.05, 3.63) is 39.8 Å². The number of thiazole rings is 1. The molecule has 1 saturated heterocycles. The van der Waals surface area contributed by atoms with Crippen molar-refractivity contribution in [2.24, 2.45) is 0 Å². The van der Waals surface area contributed by atoms with E-state index < -0.39 is 5.60 Å². The van der Waals surface area contributed by atoms with Gasteiger partial charge in [-0.1, -0.05) is 18.2 Å². The molecule has 1 aliphatic heterocycles. The highest BCUT2D eigenvalue weighted by molar-refractivity contribution is 9.11. The number of rotatable bonds is 2. The summed E-state index contributed by atoms with van der Waals surface area (Å²) in [6.45, 7) is 0.572. The first-order chi connectivity index (χ1) is 9.50. The second-order valence-corrected chi connectivity index (χ2v) is 7.30. The Morgan fingerprint density at radius 2 is 2.30 bits per heavy atom. The Hall–Kier alpha value is -1.24. The Morgan fingerprint density at radius 1 is 1.50 bits per heavy atom. The minimum Gasteiger partial charge on any atom is -0.375 e. The Kier molecular flexibility index (Phi) is 3.40. The van der Waals surface area contributed by atoms with Crippen LogP contribution in [0.2, 0.25) is 0 Å². The van der Waals surface area contributed by atoms with Gasteiger partial charge in [0.2, 0.25) is 0 Å². The van der Waals surface area contributed by atoms with Crippen LogP contribution in [0.4, 0.5) is 0 Å². The van der Waals surface area contributed by atoms with Gasteiger partial charge < -0.3 is 10.0 Å². The predicted molar refractivity (Wildman–Crippen MR) is 81.4 cm³/mol. The molecule has 2 heterocycles. The summed E-state index contributed by atoms with van der Waals surface area (Å²) in [6.07, 6.45) is 2.17. The molecule has 1 atom stereocenters. The van der Waals surface area contributed by atoms with Gasteiger partial charge >= 0.3 is 0 Å². The number of amides is 1. The Morgan fingerprint density at radius 3 is 2.90 bits per heavy atom. The van der Waals surface area contributed by atoms with Gasteiger partial charge in [0.05, 0.1) is 9.98 Å². The lowest BCUT2D eigenvalue weighted by Gasteiger charge is -2.21. The fourth-order valence-corrected chi connectivity index (χ4v) is 3.62. The summed E-state index contributed by atoms with van der Waals surface area (Å²) in [7, 11) is 1.71. The number of halogens is 1. The van der Waals surface area contributed by atoms with Gasteiger partial charge in [0, 0.05) is 25.6 Å². The SMILES string of the molecule is CN1CC[C@@](O)(c2cccc(-c3ncc(Br)s3)c2)C1=O. The van der Waals surface area contributed by atoms with E-state index in [2.05, 4.69) is 20.9 Å². The van der Waals surface area contributed by atoms with Crippen LogP contribution in [-0.2, 0) is 10.4 Å². The third-order valence-electron chi connectivity index (χ3n) is 3.57. The quantitative estimate of drug-likeness (QED) is 0.903. The zero-order chi connectivity index (χ0) is 14.3. The third kappa shape index (κ3) is 2.17. The van der Waals surface area contributed by atoms with E-state index in [1.54, 1.807) is 24.2 Å². The van der Waals surface area contributed by atoms with Gasteiger partial charge in [-0.15, -0.1) is 11.3 Å². The maximum Gasteiger partial charge on any atom is 0.258 e. The molecule has 0 aliphatic carbocycles. The molecule has 1 aliphatic rings. The summed E-state index contributed by atoms with van der Waals surface area (Å²) < 4.78 is 0.952. The monoisotopic (exact) mass is 352 g/mol. The number of carbonyl (C=O) groups excluding carboxylic acids is 1. The number of aliphatic hydroxyl groups is 1. The van der Waals surface area contributed by atoms with E-state index in [0.29, 0.717) is 18.5 Å². The van der Waals surface area contributed by atoms with Crippen molar-refractivity contribution in [2.45, 2.75) is 12.0 Å². The Labute approximate surface area is 129 Å². The number of nitrogens with zero attached hydrogens (tertiary/aromatic N) is 2. The molecule has 0 bridgehead atoms. The van der Waals surface area contributed by atoms with Gasteiger partial charge in [-0.3, -0.25) is 4.79 Å². The summed E-state index contributed by atoms with van der Waals surface area (Å²) in [5.74, 6) is -0.241. The predicted octanol–water partition coefficient (Wildman–Crippen LogP) is 2.62. The molecule has 1 aromatic heterocycles. The molecular weight excluding hydrogens is 340 g/mol. The number of aromatic nitrogens is 1. The normalized spacial score (nSPS) is 22.6. The van der Waals surface area contributed by atoms with E-state index in [0.717, 1.165) is 14.4 Å². The highest BCUT2D eigenvalue weighted by Crippen LogP contribution is 2.35. The zero-order valence-electron chi connectivity index (χ0n) is 10.8. The standard InChI is InChI=1S/C14H13BrN2O2S/c1-17-6-5-14(19,13(17)18)10-4-2-3-9(7-10)12-16-8-11(15)20-12/h2-4,7-8,19H,5-6H2,1H3/t14-/m1/s1. The minimum atomic E-state index is -1.40. The summed E-state index contributed by atoms with van der Waals surface area (Å²) in [5, 5.41) is 11.5. The van der Waals surface area contributed by atoms with Crippen LogP contribution in [-0.4, -0.2) is 34.5 Å². The van der Waals surface area contributed by atoms with Crippen LogP contribution in [0.5, 0.6) is 0 Å². The van der Waals surface area contributed by atoms with Crippen molar-refractivity contribution in [1.29, 1.82) is 0 Å². The summed E-state index contributed by atoms with van der Waals surface area (Å²) in [4.78, 5) is 18.0. The molecule has 0 saturated carbocycles. The van der Waals surface area contributed by atoms with Crippen LogP contribution in [0.25, 0.3) is 10.6 Å². The Balaban J connectivity index is 2.02. The highest BCUT2D eigenvalue weighted by atomic mass is 79.9. The fraction of sp³-hybridized carbons (Fsp3) is 0.286. The van der Waals surface area contributed by atoms with Crippen LogP contribution in [0.3, 0.4) is 0 Å². The van der Waals surface area contributed by atoms with Crippen molar-refractivity contribution in [1.82, 2.24) is 9.88 Å². The fourth-order valence-electron chi connectivity index (χ4n) is 2.42. The first kappa shape index (κ1) is 13.7. The summed E-state index contributed by atoms with van der Waals surface area (Å²) in [5.41, 5.74) is 0.142. The molecule has 104 valence electrons. The average molecular weight is 353 g/mol. The van der Waals surface area contributed by atoms with Crippen molar-refractivity contribution in [3.63, 3.8) is 0 Å². The molecule has 1 fully saturated rings. The molecule has 20 heavy (non-hydrogen) atoms. The van der Waals surface area contributed by atoms with Gasteiger partial charge in [-0.05, 0) is 27.6 Å². The van der Waals surface area contributed by atoms with Crippen molar-refractivity contribution in [2.75, 3.05) is 13.6 Å². The number of likely N-dealkylation sites (tertiary alicyclic amines) is 1. The van der Waals surface area contributed by atoms with Crippen molar-refractivity contribution < 1.29 is 9.90 Å². The number of benzene rings is 1. The van der Waals surface area contributed by atoms with E-state index in [1.807, 2.05) is 18.2 Å². The molecule has 1 aromatic carbocycles. The largest absolute Gasteiger partial charge is 0.375 e. The second kappa shape index (κ2) is 4.95. The van der Waals surface area contributed by atoms with Crippen LogP contribution < -0.4 is 0 Å². The zero-order valence-corrected chi connectivity index (χ0v) is 13.2. The van der Waals surface area contributed by atoms with Crippen molar-refractivity contribution in [3.8, 4) is 10.6 Å². The van der Waals surface area contributed by atoms with Crippen molar-refractivity contribution >= 4 is 33.2 Å². The lowest BCUT2D eigenvalue weighted by molar-refractivity contribution is -0.143.